The monoisotopic (exact) mass is 567 g/mol. The third-order valence-electron chi connectivity index (χ3n) is 7.01. The van der Waals surface area contributed by atoms with Crippen molar-refractivity contribution in [2.75, 3.05) is 66.4 Å². The van der Waals surface area contributed by atoms with Gasteiger partial charge in [-0.3, -0.25) is 9.25 Å². The van der Waals surface area contributed by atoms with Crippen LogP contribution in [-0.2, 0) is 17.7 Å². The highest BCUT2D eigenvalue weighted by Crippen LogP contribution is 2.35. The molecule has 0 atom stereocenters. The van der Waals surface area contributed by atoms with Crippen molar-refractivity contribution in [2.45, 2.75) is 64.1 Å². The molecule has 0 amide bonds. The van der Waals surface area contributed by atoms with Crippen LogP contribution < -0.4 is 15.5 Å². The molecule has 14 heteroatoms. The molecule has 2 fully saturated rings. The molecule has 4 N–H and O–H groups in total. The first-order chi connectivity index (χ1) is 18.4. The van der Waals surface area contributed by atoms with Gasteiger partial charge in [-0.15, -0.1) is 5.10 Å². The molecular weight excluding hydrogens is 525 g/mol. The van der Waals surface area contributed by atoms with Crippen molar-refractivity contribution in [3.8, 4) is 0 Å². The summed E-state index contributed by atoms with van der Waals surface area (Å²) in [6.07, 6.45) is 11.2. The van der Waals surface area contributed by atoms with Crippen LogP contribution in [0.2, 0.25) is 0 Å². The summed E-state index contributed by atoms with van der Waals surface area (Å²) in [5, 5.41) is 15.5. The summed E-state index contributed by atoms with van der Waals surface area (Å²) >= 11 is 1.84. The molecule has 2 aromatic heterocycles. The minimum atomic E-state index is -3.92. The number of rotatable bonds is 14. The number of piperidine rings is 2. The minimum absolute atomic E-state index is 0.0461. The van der Waals surface area contributed by atoms with Gasteiger partial charge < -0.3 is 30.2 Å². The Morgan fingerprint density at radius 2 is 1.87 bits per heavy atom. The average molecular weight is 568 g/mol. The summed E-state index contributed by atoms with van der Waals surface area (Å²) < 4.78 is 13.0. The number of thioether (sulfide) groups is 1. The summed E-state index contributed by atoms with van der Waals surface area (Å²) in [4.78, 5) is 32.4. The van der Waals surface area contributed by atoms with Gasteiger partial charge in [0.1, 0.15) is 17.3 Å². The van der Waals surface area contributed by atoms with Crippen molar-refractivity contribution in [1.82, 2.24) is 29.9 Å². The Labute approximate surface area is 229 Å². The summed E-state index contributed by atoms with van der Waals surface area (Å²) in [7, 11) is -3.92. The Balaban J connectivity index is 1.34. The lowest BCUT2D eigenvalue weighted by Gasteiger charge is -2.33. The van der Waals surface area contributed by atoms with Crippen molar-refractivity contribution in [3.63, 3.8) is 0 Å². The van der Waals surface area contributed by atoms with E-state index in [2.05, 4.69) is 43.1 Å². The number of nitrogens with one attached hydrogen (secondary N) is 2. The van der Waals surface area contributed by atoms with Gasteiger partial charge in [-0.05, 0) is 63.5 Å². The van der Waals surface area contributed by atoms with E-state index in [9.17, 15) is 4.57 Å². The van der Waals surface area contributed by atoms with E-state index in [-0.39, 0.29) is 6.16 Å². The van der Waals surface area contributed by atoms with Crippen LogP contribution in [-0.4, -0.2) is 96.6 Å². The molecule has 0 radical (unpaired) electrons. The van der Waals surface area contributed by atoms with Crippen molar-refractivity contribution in [2.24, 2.45) is 0 Å². The molecular formula is C24H42N9O3PS. The van der Waals surface area contributed by atoms with E-state index < -0.39 is 7.60 Å². The van der Waals surface area contributed by atoms with Crippen molar-refractivity contribution in [1.29, 1.82) is 0 Å². The van der Waals surface area contributed by atoms with Gasteiger partial charge in [0, 0.05) is 44.8 Å². The van der Waals surface area contributed by atoms with E-state index in [0.717, 1.165) is 81.6 Å². The first-order valence-electron chi connectivity index (χ1n) is 13.7. The molecule has 38 heavy (non-hydrogen) atoms. The Kier molecular flexibility index (Phi) is 11.1. The van der Waals surface area contributed by atoms with Gasteiger partial charge in [0.05, 0.1) is 18.9 Å². The molecule has 4 rings (SSSR count). The molecule has 2 saturated heterocycles. The molecule has 0 aromatic carbocycles. The number of likely N-dealkylation sites (tertiary alicyclic amines) is 1. The smallest absolute Gasteiger partial charge is 0.325 e. The van der Waals surface area contributed by atoms with Crippen LogP contribution in [0, 0.1) is 0 Å². The number of hydrogen-bond acceptors (Lipinski definition) is 10. The second-order valence-electron chi connectivity index (χ2n) is 10.2. The number of hydrogen-bond donors (Lipinski definition) is 4. The van der Waals surface area contributed by atoms with E-state index in [4.69, 9.17) is 19.8 Å². The first-order valence-corrected chi connectivity index (χ1v) is 16.9. The molecule has 0 saturated carbocycles. The highest BCUT2D eigenvalue weighted by molar-refractivity contribution is 7.98. The largest absolute Gasteiger partial charge is 0.367 e. The minimum Gasteiger partial charge on any atom is -0.367 e. The Morgan fingerprint density at radius 3 is 2.61 bits per heavy atom. The van der Waals surface area contributed by atoms with Gasteiger partial charge in [-0.1, -0.05) is 5.21 Å². The molecule has 0 aliphatic carbocycles. The van der Waals surface area contributed by atoms with Crippen molar-refractivity contribution >= 4 is 36.9 Å². The third kappa shape index (κ3) is 9.68. The maximum Gasteiger partial charge on any atom is 0.325 e. The Morgan fingerprint density at radius 1 is 1.08 bits per heavy atom. The fourth-order valence-corrected chi connectivity index (χ4v) is 5.92. The third-order valence-corrected chi connectivity index (χ3v) is 8.60. The summed E-state index contributed by atoms with van der Waals surface area (Å²) in [5.74, 6) is 3.46. The summed E-state index contributed by atoms with van der Waals surface area (Å²) in [6.45, 7) is 5.92. The molecule has 2 aliphatic rings. The van der Waals surface area contributed by atoms with Gasteiger partial charge in [-0.2, -0.15) is 21.7 Å². The highest BCUT2D eigenvalue weighted by atomic mass is 32.2. The predicted molar refractivity (Wildman–Crippen MR) is 153 cm³/mol. The van der Waals surface area contributed by atoms with Crippen LogP contribution in [0.4, 0.5) is 17.6 Å². The fraction of sp³-hybridized carbons (Fsp3) is 0.750. The number of aromatic nitrogens is 5. The number of anilines is 3. The van der Waals surface area contributed by atoms with Crippen LogP contribution >= 0.6 is 19.4 Å². The van der Waals surface area contributed by atoms with E-state index in [1.807, 2.05) is 22.6 Å². The van der Waals surface area contributed by atoms with Crippen LogP contribution in [0.1, 0.15) is 50.6 Å². The standard InChI is InChI=1S/C24H42N9O3PS/c1-38-16-6-12-33-19-21(29-30-33)18-25-24-27-22(17-23(28-24)32-10-3-2-4-11-32)26-20-7-13-31(14-8-20)9-5-15-37(34,35)36/h17,19-20H,2-16,18H2,1H3,(H2,34,35,36)(H2,25,26,27,28). The highest BCUT2D eigenvalue weighted by Gasteiger charge is 2.22. The van der Waals surface area contributed by atoms with E-state index >= 15 is 0 Å². The topological polar surface area (TPSA) is 145 Å². The zero-order valence-corrected chi connectivity index (χ0v) is 24.0. The number of nitrogens with zero attached hydrogens (tertiary/aromatic N) is 7. The normalized spacial score (nSPS) is 17.6. The fourth-order valence-electron chi connectivity index (χ4n) is 4.95. The van der Waals surface area contributed by atoms with E-state index in [0.29, 0.717) is 25.0 Å². The average Bonchev–Trinajstić information content (AvgIpc) is 3.36. The van der Waals surface area contributed by atoms with Crippen LogP contribution in [0.15, 0.2) is 12.3 Å². The molecule has 212 valence electrons. The lowest BCUT2D eigenvalue weighted by atomic mass is 10.0. The second-order valence-corrected chi connectivity index (χ2v) is 12.9. The Bertz CT molecular complexity index is 1040. The van der Waals surface area contributed by atoms with E-state index in [1.165, 1.54) is 19.3 Å². The molecule has 2 aromatic rings. The number of aryl methyl sites for hydroxylation is 1. The molecule has 4 heterocycles. The lowest BCUT2D eigenvalue weighted by molar-refractivity contribution is 0.218. The quantitative estimate of drug-likeness (QED) is 0.197. The van der Waals surface area contributed by atoms with Crippen molar-refractivity contribution < 1.29 is 14.4 Å². The molecule has 2 aliphatic heterocycles. The van der Waals surface area contributed by atoms with Gasteiger partial charge in [0.2, 0.25) is 5.95 Å². The molecule has 12 nitrogen and oxygen atoms in total. The maximum absolute atomic E-state index is 11.1. The maximum atomic E-state index is 11.1. The van der Waals surface area contributed by atoms with E-state index in [1.54, 1.807) is 0 Å². The van der Waals surface area contributed by atoms with Gasteiger partial charge in [0.15, 0.2) is 0 Å². The first kappa shape index (κ1) is 29.1. The molecule has 0 spiro atoms. The van der Waals surface area contributed by atoms with Crippen molar-refractivity contribution in [3.05, 3.63) is 18.0 Å². The summed E-state index contributed by atoms with van der Waals surface area (Å²) in [5.41, 5.74) is 0.863. The van der Waals surface area contributed by atoms with Gasteiger partial charge in [-0.25, -0.2) is 0 Å². The Hall–Kier alpha value is -1.92. The lowest BCUT2D eigenvalue weighted by Crippen LogP contribution is -2.40. The second kappa shape index (κ2) is 14.5. The van der Waals surface area contributed by atoms with Gasteiger partial charge in [0.25, 0.3) is 0 Å². The zero-order valence-electron chi connectivity index (χ0n) is 22.3. The SMILES string of the molecule is CSCCCn1cc(CNc2nc(NC3CCN(CCCP(=O)(O)O)CC3)cc(N3CCCCC3)n2)nn1. The van der Waals surface area contributed by atoms with Crippen LogP contribution in [0.5, 0.6) is 0 Å². The van der Waals surface area contributed by atoms with Gasteiger partial charge >= 0.3 is 7.60 Å². The summed E-state index contributed by atoms with van der Waals surface area (Å²) in [6, 6.07) is 2.36. The molecule has 0 bridgehead atoms. The molecule has 0 unspecified atom stereocenters. The van der Waals surface area contributed by atoms with Crippen LogP contribution in [0.3, 0.4) is 0 Å². The predicted octanol–water partition coefficient (Wildman–Crippen LogP) is 2.87. The van der Waals surface area contributed by atoms with Crippen LogP contribution in [0.25, 0.3) is 0 Å². The zero-order chi connectivity index (χ0) is 26.8.